The molecule has 0 radical (unpaired) electrons. The number of likely N-dealkylation sites (tertiary alicyclic amines) is 1. The lowest BCUT2D eigenvalue weighted by molar-refractivity contribution is 0.0686. The highest BCUT2D eigenvalue weighted by Gasteiger charge is 2.41. The van der Waals surface area contributed by atoms with Crippen molar-refractivity contribution in [2.75, 3.05) is 26.7 Å². The lowest BCUT2D eigenvalue weighted by atomic mass is 9.93. The van der Waals surface area contributed by atoms with E-state index < -0.39 is 5.67 Å². The van der Waals surface area contributed by atoms with Crippen LogP contribution >= 0.6 is 0 Å². The molecule has 3 rings (SSSR count). The summed E-state index contributed by atoms with van der Waals surface area (Å²) >= 11 is 0. The SMILES string of the molecule is CN1CCC(F)(CNC2CC2c2ccccc2)CC1. The predicted molar refractivity (Wildman–Crippen MR) is 76.2 cm³/mol. The van der Waals surface area contributed by atoms with E-state index in [1.807, 2.05) is 6.07 Å². The van der Waals surface area contributed by atoms with Crippen molar-refractivity contribution in [3.8, 4) is 0 Å². The lowest BCUT2D eigenvalue weighted by Crippen LogP contribution is -2.46. The number of rotatable bonds is 4. The van der Waals surface area contributed by atoms with Gasteiger partial charge in [-0.15, -0.1) is 0 Å². The summed E-state index contributed by atoms with van der Waals surface area (Å²) in [7, 11) is 2.07. The molecule has 1 aliphatic carbocycles. The van der Waals surface area contributed by atoms with Gasteiger partial charge in [0.2, 0.25) is 0 Å². The van der Waals surface area contributed by atoms with E-state index in [1.54, 1.807) is 0 Å². The largest absolute Gasteiger partial charge is 0.310 e. The Morgan fingerprint density at radius 3 is 2.63 bits per heavy atom. The second kappa shape index (κ2) is 5.22. The van der Waals surface area contributed by atoms with Crippen LogP contribution in [0.1, 0.15) is 30.7 Å². The summed E-state index contributed by atoms with van der Waals surface area (Å²) in [6.45, 7) is 2.28. The fourth-order valence-corrected chi connectivity index (χ4v) is 3.00. The van der Waals surface area contributed by atoms with Gasteiger partial charge >= 0.3 is 0 Å². The smallest absolute Gasteiger partial charge is 0.125 e. The highest BCUT2D eigenvalue weighted by Crippen LogP contribution is 2.41. The van der Waals surface area contributed by atoms with Gasteiger partial charge in [-0.05, 0) is 31.9 Å². The number of nitrogens with one attached hydrogen (secondary N) is 1. The maximum absolute atomic E-state index is 14.6. The van der Waals surface area contributed by atoms with Gasteiger partial charge in [0.15, 0.2) is 0 Å². The van der Waals surface area contributed by atoms with Crippen LogP contribution in [-0.2, 0) is 0 Å². The van der Waals surface area contributed by atoms with Crippen molar-refractivity contribution >= 4 is 0 Å². The Bertz CT molecular complexity index is 412. The average Bonchev–Trinajstić information content (AvgIpc) is 3.21. The molecule has 3 heteroatoms. The van der Waals surface area contributed by atoms with Gasteiger partial charge in [-0.25, -0.2) is 4.39 Å². The zero-order valence-electron chi connectivity index (χ0n) is 11.6. The van der Waals surface area contributed by atoms with Crippen LogP contribution in [0, 0.1) is 0 Å². The first-order valence-electron chi connectivity index (χ1n) is 7.32. The van der Waals surface area contributed by atoms with Gasteiger partial charge in [-0.3, -0.25) is 0 Å². The molecule has 2 nitrogen and oxygen atoms in total. The maximum Gasteiger partial charge on any atom is 0.125 e. The Kier molecular flexibility index (Phi) is 3.59. The number of nitrogens with zero attached hydrogens (tertiary/aromatic N) is 1. The zero-order chi connectivity index (χ0) is 13.3. The third-order valence-corrected chi connectivity index (χ3v) is 4.58. The number of benzene rings is 1. The van der Waals surface area contributed by atoms with Gasteiger partial charge in [-0.2, -0.15) is 0 Å². The Morgan fingerprint density at radius 1 is 1.26 bits per heavy atom. The van der Waals surface area contributed by atoms with Gasteiger partial charge in [0.05, 0.1) is 0 Å². The fraction of sp³-hybridized carbons (Fsp3) is 0.625. The molecule has 2 fully saturated rings. The second-order valence-corrected chi connectivity index (χ2v) is 6.19. The van der Waals surface area contributed by atoms with Crippen molar-refractivity contribution in [2.45, 2.75) is 36.9 Å². The highest BCUT2D eigenvalue weighted by atomic mass is 19.1. The molecule has 2 unspecified atom stereocenters. The first kappa shape index (κ1) is 13.1. The first-order chi connectivity index (χ1) is 9.16. The minimum Gasteiger partial charge on any atom is -0.310 e. The molecule has 19 heavy (non-hydrogen) atoms. The van der Waals surface area contributed by atoms with E-state index in [0.29, 0.717) is 31.3 Å². The second-order valence-electron chi connectivity index (χ2n) is 6.19. The van der Waals surface area contributed by atoms with E-state index >= 15 is 0 Å². The first-order valence-corrected chi connectivity index (χ1v) is 7.32. The Labute approximate surface area is 115 Å². The molecular weight excluding hydrogens is 239 g/mol. The predicted octanol–water partition coefficient (Wildman–Crippen LogP) is 2.57. The van der Waals surface area contributed by atoms with Crippen LogP contribution in [-0.4, -0.2) is 43.3 Å². The van der Waals surface area contributed by atoms with Gasteiger partial charge < -0.3 is 10.2 Å². The number of alkyl halides is 1. The van der Waals surface area contributed by atoms with Crippen LogP contribution in [0.25, 0.3) is 0 Å². The van der Waals surface area contributed by atoms with Gasteiger partial charge in [0.1, 0.15) is 5.67 Å². The number of hydrogen-bond donors (Lipinski definition) is 1. The molecule has 0 aromatic heterocycles. The van der Waals surface area contributed by atoms with Crippen molar-refractivity contribution in [2.24, 2.45) is 0 Å². The van der Waals surface area contributed by atoms with Crippen LogP contribution in [0.4, 0.5) is 4.39 Å². The normalized spacial score (nSPS) is 30.2. The zero-order valence-corrected chi connectivity index (χ0v) is 11.6. The Morgan fingerprint density at radius 2 is 1.95 bits per heavy atom. The van der Waals surface area contributed by atoms with E-state index in [2.05, 4.69) is 41.5 Å². The molecular formula is C16H23FN2. The monoisotopic (exact) mass is 262 g/mol. The molecule has 2 atom stereocenters. The average molecular weight is 262 g/mol. The molecule has 1 N–H and O–H groups in total. The van der Waals surface area contributed by atoms with E-state index in [-0.39, 0.29) is 0 Å². The quantitative estimate of drug-likeness (QED) is 0.897. The lowest BCUT2D eigenvalue weighted by Gasteiger charge is -2.34. The van der Waals surface area contributed by atoms with E-state index in [0.717, 1.165) is 19.5 Å². The summed E-state index contributed by atoms with van der Waals surface area (Å²) in [6, 6.07) is 11.0. The summed E-state index contributed by atoms with van der Waals surface area (Å²) in [4.78, 5) is 2.21. The Balaban J connectivity index is 1.47. The minimum absolute atomic E-state index is 0.481. The van der Waals surface area contributed by atoms with Crippen LogP contribution in [0.5, 0.6) is 0 Å². The summed E-state index contributed by atoms with van der Waals surface area (Å²) in [5.41, 5.74) is 0.396. The molecule has 2 aliphatic rings. The van der Waals surface area contributed by atoms with Crippen molar-refractivity contribution in [3.05, 3.63) is 35.9 Å². The number of halogens is 1. The number of piperidine rings is 1. The van der Waals surface area contributed by atoms with E-state index in [1.165, 1.54) is 5.56 Å². The number of hydrogen-bond acceptors (Lipinski definition) is 2. The van der Waals surface area contributed by atoms with Gasteiger partial charge in [0, 0.05) is 31.6 Å². The van der Waals surface area contributed by atoms with Crippen molar-refractivity contribution < 1.29 is 4.39 Å². The minimum atomic E-state index is -0.990. The van der Waals surface area contributed by atoms with Crippen molar-refractivity contribution in [3.63, 3.8) is 0 Å². The van der Waals surface area contributed by atoms with Gasteiger partial charge in [-0.1, -0.05) is 30.3 Å². The molecule has 1 aromatic rings. The standard InChI is InChI=1S/C16H23FN2/c1-19-9-7-16(17,8-10-19)12-18-15-11-14(15)13-5-3-2-4-6-13/h2-6,14-15,18H,7-12H2,1H3. The summed E-state index contributed by atoms with van der Waals surface area (Å²) in [5, 5.41) is 3.44. The molecule has 1 aliphatic heterocycles. The molecule has 1 saturated heterocycles. The molecule has 0 bridgehead atoms. The van der Waals surface area contributed by atoms with E-state index in [4.69, 9.17) is 0 Å². The Hall–Kier alpha value is -0.930. The molecule has 0 amide bonds. The molecule has 0 spiro atoms. The summed E-state index contributed by atoms with van der Waals surface area (Å²) in [6.07, 6.45) is 2.48. The van der Waals surface area contributed by atoms with Gasteiger partial charge in [0.25, 0.3) is 0 Å². The van der Waals surface area contributed by atoms with Crippen molar-refractivity contribution in [1.29, 1.82) is 0 Å². The summed E-state index contributed by atoms with van der Waals surface area (Å²) in [5.74, 6) is 0.594. The van der Waals surface area contributed by atoms with Crippen LogP contribution < -0.4 is 5.32 Å². The topological polar surface area (TPSA) is 15.3 Å². The molecule has 1 aromatic carbocycles. The van der Waals surface area contributed by atoms with E-state index in [9.17, 15) is 4.39 Å². The fourth-order valence-electron chi connectivity index (χ4n) is 3.00. The molecule has 1 saturated carbocycles. The van der Waals surface area contributed by atoms with Crippen LogP contribution in [0.15, 0.2) is 30.3 Å². The van der Waals surface area contributed by atoms with Crippen LogP contribution in [0.3, 0.4) is 0 Å². The maximum atomic E-state index is 14.6. The van der Waals surface area contributed by atoms with Crippen LogP contribution in [0.2, 0.25) is 0 Å². The highest BCUT2D eigenvalue weighted by molar-refractivity contribution is 5.27. The third kappa shape index (κ3) is 3.15. The third-order valence-electron chi connectivity index (χ3n) is 4.58. The molecule has 104 valence electrons. The summed E-state index contributed by atoms with van der Waals surface area (Å²) < 4.78 is 14.6. The molecule has 1 heterocycles. The van der Waals surface area contributed by atoms with Crippen molar-refractivity contribution in [1.82, 2.24) is 10.2 Å².